The molecule has 166 valence electrons. The zero-order chi connectivity index (χ0) is 21.6. The third kappa shape index (κ3) is 4.00. The number of ether oxygens (including phenoxy) is 1. The second-order valence-corrected chi connectivity index (χ2v) is 9.47. The van der Waals surface area contributed by atoms with Crippen LogP contribution in [0.1, 0.15) is 60.0 Å². The molecule has 1 spiro atoms. The molecule has 1 saturated carbocycles. The van der Waals surface area contributed by atoms with Crippen molar-refractivity contribution >= 4 is 17.7 Å². The fraction of sp³-hybridized carbons (Fsp3) is 0.609. The number of benzene rings is 1. The highest BCUT2D eigenvalue weighted by atomic mass is 16.5. The highest BCUT2D eigenvalue weighted by Gasteiger charge is 2.41. The van der Waals surface area contributed by atoms with Gasteiger partial charge in [-0.25, -0.2) is 0 Å². The minimum atomic E-state index is -0.571. The van der Waals surface area contributed by atoms with Crippen LogP contribution in [0.15, 0.2) is 18.2 Å². The average molecular weight is 427 g/mol. The van der Waals surface area contributed by atoms with E-state index in [4.69, 9.17) is 10.5 Å². The van der Waals surface area contributed by atoms with Gasteiger partial charge in [-0.2, -0.15) is 0 Å². The number of morpholine rings is 1. The van der Waals surface area contributed by atoms with Crippen LogP contribution in [0.4, 0.5) is 0 Å². The van der Waals surface area contributed by atoms with Crippen LogP contribution in [0.25, 0.3) is 0 Å². The molecule has 2 saturated heterocycles. The van der Waals surface area contributed by atoms with Gasteiger partial charge in [0.05, 0.1) is 12.2 Å². The van der Waals surface area contributed by atoms with Crippen LogP contribution in [0, 0.1) is 0 Å². The van der Waals surface area contributed by atoms with Gasteiger partial charge < -0.3 is 15.4 Å². The maximum absolute atomic E-state index is 13.1. The first-order chi connectivity index (χ1) is 14.9. The molecule has 1 aromatic carbocycles. The molecule has 3 fully saturated rings. The van der Waals surface area contributed by atoms with E-state index in [-0.39, 0.29) is 29.7 Å². The first kappa shape index (κ1) is 20.6. The Kier molecular flexibility index (Phi) is 5.32. The van der Waals surface area contributed by atoms with E-state index < -0.39 is 6.04 Å². The number of rotatable bonds is 3. The predicted molar refractivity (Wildman–Crippen MR) is 113 cm³/mol. The molecule has 1 aliphatic carbocycles. The number of hydrogen-bond donors (Lipinski definition) is 2. The summed E-state index contributed by atoms with van der Waals surface area (Å²) in [5.41, 5.74) is 8.72. The molecule has 0 radical (unpaired) electrons. The van der Waals surface area contributed by atoms with E-state index in [9.17, 15) is 14.4 Å². The Hall–Kier alpha value is -2.29. The quantitative estimate of drug-likeness (QED) is 0.697. The summed E-state index contributed by atoms with van der Waals surface area (Å²) in [4.78, 5) is 40.7. The summed E-state index contributed by atoms with van der Waals surface area (Å²) in [6.45, 7) is 3.69. The molecule has 8 nitrogen and oxygen atoms in total. The molecule has 3 heterocycles. The van der Waals surface area contributed by atoms with Gasteiger partial charge in [-0.05, 0) is 49.3 Å². The fourth-order valence-corrected chi connectivity index (χ4v) is 5.49. The van der Waals surface area contributed by atoms with Gasteiger partial charge in [-0.3, -0.25) is 24.6 Å². The van der Waals surface area contributed by atoms with E-state index in [1.165, 1.54) is 0 Å². The first-order valence-corrected chi connectivity index (χ1v) is 11.3. The van der Waals surface area contributed by atoms with Crippen LogP contribution < -0.4 is 11.1 Å². The first-order valence-electron chi connectivity index (χ1n) is 11.3. The fourth-order valence-electron chi connectivity index (χ4n) is 5.49. The molecule has 3 amide bonds. The maximum Gasteiger partial charge on any atom is 0.255 e. The van der Waals surface area contributed by atoms with Crippen LogP contribution >= 0.6 is 0 Å². The molecule has 3 N–H and O–H groups in total. The van der Waals surface area contributed by atoms with Gasteiger partial charge in [0, 0.05) is 44.2 Å². The number of nitrogens with zero attached hydrogens (tertiary/aromatic N) is 2. The van der Waals surface area contributed by atoms with Gasteiger partial charge in [0.15, 0.2) is 0 Å². The third-order valence-electron chi connectivity index (χ3n) is 7.27. The lowest BCUT2D eigenvalue weighted by Crippen LogP contribution is -2.54. The van der Waals surface area contributed by atoms with E-state index >= 15 is 0 Å². The molecule has 4 aliphatic rings. The molecule has 0 aromatic heterocycles. The van der Waals surface area contributed by atoms with Gasteiger partial charge in [0.2, 0.25) is 11.8 Å². The standard InChI is InChI=1S/C23H30N4O4/c24-17-5-7-23(8-6-17)14-26(9-10-31-23)12-15-1-2-16-13-27(22(30)18(16)11-15)19-3-4-20(28)25-21(19)29/h1-2,11,17,19H,3-10,12-14,24H2,(H,25,28,29). The molecular formula is C23H30N4O4. The molecule has 1 unspecified atom stereocenters. The molecule has 0 bridgehead atoms. The van der Waals surface area contributed by atoms with Crippen LogP contribution in [0.3, 0.4) is 0 Å². The lowest BCUT2D eigenvalue weighted by molar-refractivity contribution is -0.136. The Balaban J connectivity index is 1.27. The van der Waals surface area contributed by atoms with Crippen molar-refractivity contribution in [3.63, 3.8) is 0 Å². The van der Waals surface area contributed by atoms with E-state index in [2.05, 4.69) is 16.3 Å². The zero-order valence-electron chi connectivity index (χ0n) is 17.8. The topological polar surface area (TPSA) is 105 Å². The number of piperidine rings is 1. The number of imide groups is 1. The van der Waals surface area contributed by atoms with Gasteiger partial charge in [0.1, 0.15) is 6.04 Å². The minimum Gasteiger partial charge on any atom is -0.372 e. The highest BCUT2D eigenvalue weighted by molar-refractivity contribution is 6.05. The molecule has 5 rings (SSSR count). The summed E-state index contributed by atoms with van der Waals surface area (Å²) in [7, 11) is 0. The molecule has 8 heteroatoms. The minimum absolute atomic E-state index is 0.0801. The van der Waals surface area contributed by atoms with Crippen molar-refractivity contribution < 1.29 is 19.1 Å². The SMILES string of the molecule is NC1CCC2(CC1)CN(Cc1ccc3c(c1)C(=O)N(C1CCC(=O)NC1=O)C3)CCO2. The Morgan fingerprint density at radius 1 is 1.16 bits per heavy atom. The number of nitrogens with one attached hydrogen (secondary N) is 1. The number of hydrogen-bond acceptors (Lipinski definition) is 6. The lowest BCUT2D eigenvalue weighted by Gasteiger charge is -2.46. The highest BCUT2D eigenvalue weighted by Crippen LogP contribution is 2.35. The largest absolute Gasteiger partial charge is 0.372 e. The van der Waals surface area contributed by atoms with Crippen molar-refractivity contribution in [3.8, 4) is 0 Å². The van der Waals surface area contributed by atoms with Gasteiger partial charge in [0.25, 0.3) is 5.91 Å². The number of carbonyl (C=O) groups excluding carboxylic acids is 3. The van der Waals surface area contributed by atoms with Crippen molar-refractivity contribution in [2.45, 2.75) is 69.3 Å². The molecule has 31 heavy (non-hydrogen) atoms. The zero-order valence-corrected chi connectivity index (χ0v) is 17.8. The second-order valence-electron chi connectivity index (χ2n) is 9.47. The number of nitrogens with two attached hydrogens (primary N) is 1. The summed E-state index contributed by atoms with van der Waals surface area (Å²) in [5, 5.41) is 2.35. The number of amides is 3. The summed E-state index contributed by atoms with van der Waals surface area (Å²) < 4.78 is 6.19. The Labute approximate surface area is 182 Å². The summed E-state index contributed by atoms with van der Waals surface area (Å²) in [5.74, 6) is -0.759. The maximum atomic E-state index is 13.1. The van der Waals surface area contributed by atoms with E-state index in [1.807, 2.05) is 12.1 Å². The molecular weight excluding hydrogens is 396 g/mol. The van der Waals surface area contributed by atoms with Crippen molar-refractivity contribution in [3.05, 3.63) is 34.9 Å². The van der Waals surface area contributed by atoms with Crippen LogP contribution in [-0.2, 0) is 27.4 Å². The normalized spacial score (nSPS) is 31.8. The Bertz CT molecular complexity index is 909. The second kappa shape index (κ2) is 8.00. The van der Waals surface area contributed by atoms with E-state index in [1.54, 1.807) is 4.90 Å². The number of fused-ring (bicyclic) bond motifs is 1. The van der Waals surface area contributed by atoms with Crippen molar-refractivity contribution in [2.75, 3.05) is 19.7 Å². The van der Waals surface area contributed by atoms with Crippen molar-refractivity contribution in [1.29, 1.82) is 0 Å². The summed E-state index contributed by atoms with van der Waals surface area (Å²) in [6.07, 6.45) is 4.69. The van der Waals surface area contributed by atoms with Crippen molar-refractivity contribution in [1.82, 2.24) is 15.1 Å². The number of carbonyl (C=O) groups is 3. The summed E-state index contributed by atoms with van der Waals surface area (Å²) >= 11 is 0. The van der Waals surface area contributed by atoms with Crippen LogP contribution in [-0.4, -0.2) is 64.9 Å². The average Bonchev–Trinajstić information content (AvgIpc) is 3.07. The summed E-state index contributed by atoms with van der Waals surface area (Å²) in [6, 6.07) is 5.78. The van der Waals surface area contributed by atoms with Crippen molar-refractivity contribution in [2.24, 2.45) is 5.73 Å². The third-order valence-corrected chi connectivity index (χ3v) is 7.27. The smallest absolute Gasteiger partial charge is 0.255 e. The van der Waals surface area contributed by atoms with Crippen LogP contribution in [0.2, 0.25) is 0 Å². The Morgan fingerprint density at radius 3 is 2.74 bits per heavy atom. The Morgan fingerprint density at radius 2 is 1.97 bits per heavy atom. The predicted octanol–water partition coefficient (Wildman–Crippen LogP) is 0.920. The van der Waals surface area contributed by atoms with E-state index in [0.29, 0.717) is 24.6 Å². The van der Waals surface area contributed by atoms with Gasteiger partial charge >= 0.3 is 0 Å². The van der Waals surface area contributed by atoms with Crippen LogP contribution in [0.5, 0.6) is 0 Å². The van der Waals surface area contributed by atoms with Gasteiger partial charge in [-0.15, -0.1) is 0 Å². The monoisotopic (exact) mass is 426 g/mol. The van der Waals surface area contributed by atoms with E-state index in [0.717, 1.165) is 63.1 Å². The molecule has 1 aromatic rings. The van der Waals surface area contributed by atoms with Gasteiger partial charge in [-0.1, -0.05) is 12.1 Å². The lowest BCUT2D eigenvalue weighted by atomic mass is 9.81. The molecule has 3 aliphatic heterocycles. The molecule has 1 atom stereocenters.